The highest BCUT2D eigenvalue weighted by molar-refractivity contribution is 6.03. The SMILES string of the molecule is O=C(Nc1ccc2c(c1)OCCO2)Nc1ccc2nc(-c3ccccc3)cc(N3CCOCC3)c2c1. The fraction of sp³-hybridized carbons (Fsp3) is 0.214. The maximum Gasteiger partial charge on any atom is 0.323 e. The highest BCUT2D eigenvalue weighted by Gasteiger charge is 2.18. The number of nitrogens with zero attached hydrogens (tertiary/aromatic N) is 2. The molecular weight excluding hydrogens is 456 g/mol. The van der Waals surface area contributed by atoms with Gasteiger partial charge in [-0.1, -0.05) is 30.3 Å². The van der Waals surface area contributed by atoms with Crippen LogP contribution < -0.4 is 25.0 Å². The van der Waals surface area contributed by atoms with Crippen molar-refractivity contribution in [3.05, 3.63) is 72.8 Å². The first-order valence-corrected chi connectivity index (χ1v) is 12.0. The molecule has 8 nitrogen and oxygen atoms in total. The number of urea groups is 1. The van der Waals surface area contributed by atoms with Crippen LogP contribution in [-0.4, -0.2) is 50.5 Å². The zero-order chi connectivity index (χ0) is 24.3. The summed E-state index contributed by atoms with van der Waals surface area (Å²) >= 11 is 0. The molecular formula is C28H26N4O4. The summed E-state index contributed by atoms with van der Waals surface area (Å²) in [4.78, 5) is 20.0. The van der Waals surface area contributed by atoms with Gasteiger partial charge in [-0.2, -0.15) is 0 Å². The minimum absolute atomic E-state index is 0.340. The van der Waals surface area contributed by atoms with E-state index in [0.717, 1.165) is 40.9 Å². The van der Waals surface area contributed by atoms with Crippen LogP contribution in [0, 0.1) is 0 Å². The Labute approximate surface area is 208 Å². The van der Waals surface area contributed by atoms with E-state index in [0.29, 0.717) is 49.3 Å². The standard InChI is InChI=1S/C28H26N4O4/c33-28(30-21-7-9-26-27(17-21)36-15-14-35-26)29-20-6-8-23-22(16-20)25(32-10-12-34-13-11-32)18-24(31-23)19-4-2-1-3-5-19/h1-9,16-18H,10-15H2,(H2,29,30,33). The van der Waals surface area contributed by atoms with Gasteiger partial charge in [-0.15, -0.1) is 0 Å². The maximum atomic E-state index is 12.8. The maximum absolute atomic E-state index is 12.8. The molecule has 0 bridgehead atoms. The number of anilines is 3. The van der Waals surface area contributed by atoms with Crippen LogP contribution >= 0.6 is 0 Å². The lowest BCUT2D eigenvalue weighted by Gasteiger charge is -2.30. The quantitative estimate of drug-likeness (QED) is 0.418. The van der Waals surface area contributed by atoms with Crippen molar-refractivity contribution in [2.24, 2.45) is 0 Å². The van der Waals surface area contributed by atoms with Gasteiger partial charge in [0, 0.05) is 47.2 Å². The molecule has 0 atom stereocenters. The molecule has 3 heterocycles. The molecule has 0 radical (unpaired) electrons. The molecule has 1 saturated heterocycles. The third kappa shape index (κ3) is 4.63. The molecule has 0 aliphatic carbocycles. The molecule has 2 amide bonds. The number of morpholine rings is 1. The minimum Gasteiger partial charge on any atom is -0.486 e. The molecule has 6 rings (SSSR count). The molecule has 1 fully saturated rings. The van der Waals surface area contributed by atoms with Gasteiger partial charge in [0.05, 0.1) is 24.4 Å². The fourth-order valence-corrected chi connectivity index (χ4v) is 4.52. The molecule has 0 unspecified atom stereocenters. The predicted molar refractivity (Wildman–Crippen MR) is 140 cm³/mol. The Morgan fingerprint density at radius 2 is 1.50 bits per heavy atom. The van der Waals surface area contributed by atoms with E-state index >= 15 is 0 Å². The van der Waals surface area contributed by atoms with Gasteiger partial charge in [-0.3, -0.25) is 0 Å². The third-order valence-corrected chi connectivity index (χ3v) is 6.27. The van der Waals surface area contributed by atoms with E-state index in [-0.39, 0.29) is 6.03 Å². The number of fused-ring (bicyclic) bond motifs is 2. The summed E-state index contributed by atoms with van der Waals surface area (Å²) in [5, 5.41) is 6.80. The average molecular weight is 483 g/mol. The summed E-state index contributed by atoms with van der Waals surface area (Å²) in [6.45, 7) is 3.98. The van der Waals surface area contributed by atoms with Gasteiger partial charge in [-0.05, 0) is 36.4 Å². The molecule has 182 valence electrons. The van der Waals surface area contributed by atoms with Crippen molar-refractivity contribution >= 4 is 34.0 Å². The van der Waals surface area contributed by atoms with Crippen molar-refractivity contribution < 1.29 is 19.0 Å². The van der Waals surface area contributed by atoms with E-state index in [1.807, 2.05) is 36.4 Å². The summed E-state index contributed by atoms with van der Waals surface area (Å²) in [7, 11) is 0. The van der Waals surface area contributed by atoms with Crippen molar-refractivity contribution in [3.8, 4) is 22.8 Å². The first kappa shape index (κ1) is 22.2. The highest BCUT2D eigenvalue weighted by Crippen LogP contribution is 2.34. The molecule has 2 aliphatic heterocycles. The molecule has 2 N–H and O–H groups in total. The molecule has 3 aromatic carbocycles. The molecule has 4 aromatic rings. The number of rotatable bonds is 4. The van der Waals surface area contributed by atoms with E-state index in [4.69, 9.17) is 19.2 Å². The largest absolute Gasteiger partial charge is 0.486 e. The molecule has 1 aromatic heterocycles. The molecule has 0 saturated carbocycles. The number of hydrogen-bond donors (Lipinski definition) is 2. The second-order valence-electron chi connectivity index (χ2n) is 8.66. The van der Waals surface area contributed by atoms with E-state index in [1.165, 1.54) is 0 Å². The van der Waals surface area contributed by atoms with Crippen LogP contribution in [0.2, 0.25) is 0 Å². The monoisotopic (exact) mass is 482 g/mol. The minimum atomic E-state index is -0.340. The number of hydrogen-bond acceptors (Lipinski definition) is 6. The molecule has 8 heteroatoms. The van der Waals surface area contributed by atoms with Gasteiger partial charge in [0.25, 0.3) is 0 Å². The van der Waals surface area contributed by atoms with E-state index in [1.54, 1.807) is 18.2 Å². The summed E-state index contributed by atoms with van der Waals surface area (Å²) in [6.07, 6.45) is 0. The van der Waals surface area contributed by atoms with Gasteiger partial charge < -0.3 is 29.7 Å². The van der Waals surface area contributed by atoms with Crippen LogP contribution in [0.4, 0.5) is 21.9 Å². The highest BCUT2D eigenvalue weighted by atomic mass is 16.6. The fourth-order valence-electron chi connectivity index (χ4n) is 4.52. The Hall–Kier alpha value is -4.30. The number of carbonyl (C=O) groups is 1. The lowest BCUT2D eigenvalue weighted by molar-refractivity contribution is 0.123. The van der Waals surface area contributed by atoms with Crippen LogP contribution in [0.15, 0.2) is 72.8 Å². The van der Waals surface area contributed by atoms with Crippen molar-refractivity contribution in [2.45, 2.75) is 0 Å². The van der Waals surface area contributed by atoms with Crippen molar-refractivity contribution in [1.29, 1.82) is 0 Å². The number of ether oxygens (including phenoxy) is 3. The summed E-state index contributed by atoms with van der Waals surface area (Å²) in [5.74, 6) is 1.31. The van der Waals surface area contributed by atoms with E-state index in [2.05, 4.69) is 33.7 Å². The summed E-state index contributed by atoms with van der Waals surface area (Å²) < 4.78 is 16.7. The Morgan fingerprint density at radius 3 is 2.31 bits per heavy atom. The van der Waals surface area contributed by atoms with E-state index < -0.39 is 0 Å². The number of amides is 2. The lowest BCUT2D eigenvalue weighted by atomic mass is 10.1. The van der Waals surface area contributed by atoms with Crippen LogP contribution in [0.1, 0.15) is 0 Å². The Morgan fingerprint density at radius 1 is 0.778 bits per heavy atom. The van der Waals surface area contributed by atoms with Gasteiger partial charge in [0.2, 0.25) is 0 Å². The van der Waals surface area contributed by atoms with Crippen molar-refractivity contribution in [2.75, 3.05) is 55.1 Å². The lowest BCUT2D eigenvalue weighted by Crippen LogP contribution is -2.36. The van der Waals surface area contributed by atoms with Gasteiger partial charge in [-0.25, -0.2) is 9.78 Å². The van der Waals surface area contributed by atoms with E-state index in [9.17, 15) is 4.79 Å². The number of nitrogens with one attached hydrogen (secondary N) is 2. The molecule has 2 aliphatic rings. The Bertz CT molecular complexity index is 1400. The number of pyridine rings is 1. The van der Waals surface area contributed by atoms with Gasteiger partial charge in [0.15, 0.2) is 11.5 Å². The Kier molecular flexibility index (Phi) is 6.01. The van der Waals surface area contributed by atoms with Crippen LogP contribution in [-0.2, 0) is 4.74 Å². The van der Waals surface area contributed by atoms with Gasteiger partial charge >= 0.3 is 6.03 Å². The zero-order valence-corrected chi connectivity index (χ0v) is 19.7. The van der Waals surface area contributed by atoms with Crippen molar-refractivity contribution in [1.82, 2.24) is 4.98 Å². The topological polar surface area (TPSA) is 85.0 Å². The molecule has 0 spiro atoms. The van der Waals surface area contributed by atoms with Crippen LogP contribution in [0.3, 0.4) is 0 Å². The normalized spacial score (nSPS) is 14.9. The Balaban J connectivity index is 1.29. The predicted octanol–water partition coefficient (Wildman–Crippen LogP) is 5.15. The second-order valence-corrected chi connectivity index (χ2v) is 8.66. The number of aromatic nitrogens is 1. The average Bonchev–Trinajstić information content (AvgIpc) is 2.93. The zero-order valence-electron chi connectivity index (χ0n) is 19.7. The van der Waals surface area contributed by atoms with Crippen LogP contribution in [0.25, 0.3) is 22.2 Å². The first-order valence-electron chi connectivity index (χ1n) is 12.0. The molecule has 36 heavy (non-hydrogen) atoms. The summed E-state index contributed by atoms with van der Waals surface area (Å²) in [6, 6.07) is 23.1. The van der Waals surface area contributed by atoms with Crippen molar-refractivity contribution in [3.63, 3.8) is 0 Å². The van der Waals surface area contributed by atoms with Crippen LogP contribution in [0.5, 0.6) is 11.5 Å². The number of benzene rings is 3. The smallest absolute Gasteiger partial charge is 0.323 e. The second kappa shape index (κ2) is 9.75. The van der Waals surface area contributed by atoms with Gasteiger partial charge in [0.1, 0.15) is 13.2 Å². The number of carbonyl (C=O) groups excluding carboxylic acids is 1. The summed E-state index contributed by atoms with van der Waals surface area (Å²) in [5.41, 5.74) is 5.24. The first-order chi connectivity index (χ1) is 17.7. The third-order valence-electron chi connectivity index (χ3n) is 6.27.